The highest BCUT2D eigenvalue weighted by atomic mass is 32.2. The van der Waals surface area contributed by atoms with Crippen molar-refractivity contribution in [2.45, 2.75) is 45.8 Å². The number of sulfonamides is 1. The van der Waals surface area contributed by atoms with Gasteiger partial charge in [-0.15, -0.1) is 0 Å². The Morgan fingerprint density at radius 1 is 1.00 bits per heavy atom. The van der Waals surface area contributed by atoms with Crippen LogP contribution in [0.15, 0.2) is 48.5 Å². The third-order valence-corrected chi connectivity index (χ3v) is 6.82. The Hall–Kier alpha value is -3.27. The number of benzene rings is 2. The largest absolute Gasteiger partial charge is 0.497 e. The van der Waals surface area contributed by atoms with Crippen LogP contribution in [0.25, 0.3) is 0 Å². The van der Waals surface area contributed by atoms with Crippen LogP contribution in [0.2, 0.25) is 0 Å². The summed E-state index contributed by atoms with van der Waals surface area (Å²) in [4.78, 5) is 27.9. The molecule has 0 aromatic heterocycles. The van der Waals surface area contributed by atoms with E-state index in [1.165, 1.54) is 12.0 Å². The van der Waals surface area contributed by atoms with Crippen LogP contribution in [0.3, 0.4) is 0 Å². The number of nitrogens with zero attached hydrogens (tertiary/aromatic N) is 2. The van der Waals surface area contributed by atoms with Crippen LogP contribution < -0.4 is 19.1 Å². The van der Waals surface area contributed by atoms with Gasteiger partial charge >= 0.3 is 0 Å². The second kappa shape index (κ2) is 12.4. The van der Waals surface area contributed by atoms with Gasteiger partial charge in [-0.1, -0.05) is 25.1 Å². The number of rotatable bonds is 12. The van der Waals surface area contributed by atoms with Crippen LogP contribution in [-0.2, 0) is 26.2 Å². The molecule has 2 atom stereocenters. The van der Waals surface area contributed by atoms with E-state index >= 15 is 0 Å². The van der Waals surface area contributed by atoms with Gasteiger partial charge in [0, 0.05) is 18.7 Å². The fourth-order valence-electron chi connectivity index (χ4n) is 3.39. The Morgan fingerprint density at radius 2 is 1.60 bits per heavy atom. The predicted octanol–water partition coefficient (Wildman–Crippen LogP) is 2.80. The van der Waals surface area contributed by atoms with Crippen molar-refractivity contribution in [1.82, 2.24) is 10.2 Å². The van der Waals surface area contributed by atoms with Gasteiger partial charge in [-0.2, -0.15) is 0 Å². The van der Waals surface area contributed by atoms with E-state index in [1.807, 2.05) is 19.9 Å². The second-order valence-corrected chi connectivity index (χ2v) is 10.2. The lowest BCUT2D eigenvalue weighted by molar-refractivity contribution is -0.139. The van der Waals surface area contributed by atoms with E-state index in [4.69, 9.17) is 9.47 Å². The number of carbonyl (C=O) groups excluding carboxylic acids is 2. The van der Waals surface area contributed by atoms with E-state index in [-0.39, 0.29) is 18.5 Å². The molecule has 35 heavy (non-hydrogen) atoms. The predicted molar refractivity (Wildman–Crippen MR) is 136 cm³/mol. The third-order valence-electron chi connectivity index (χ3n) is 5.68. The molecule has 2 aromatic rings. The van der Waals surface area contributed by atoms with Gasteiger partial charge in [-0.05, 0) is 50.1 Å². The average Bonchev–Trinajstić information content (AvgIpc) is 2.84. The zero-order chi connectivity index (χ0) is 26.2. The standard InChI is InChI=1S/C25H35N3O6S/c1-7-18(2)26-25(30)19(3)27(16-20-10-8-12-22(14-20)33-4)24(29)17-28(35(6,31)32)21-11-9-13-23(15-21)34-5/h8-15,18-19H,7,16-17H2,1-6H3,(H,26,30)/t18-,19-/m1/s1. The molecule has 0 bridgehead atoms. The minimum absolute atomic E-state index is 0.0666. The molecule has 0 saturated heterocycles. The summed E-state index contributed by atoms with van der Waals surface area (Å²) in [7, 11) is -0.796. The van der Waals surface area contributed by atoms with E-state index in [0.29, 0.717) is 17.2 Å². The van der Waals surface area contributed by atoms with Crippen LogP contribution in [0.5, 0.6) is 11.5 Å². The molecule has 9 nitrogen and oxygen atoms in total. The van der Waals surface area contributed by atoms with Crippen molar-refractivity contribution >= 4 is 27.5 Å². The van der Waals surface area contributed by atoms with Gasteiger partial charge < -0.3 is 19.7 Å². The molecule has 0 aliphatic rings. The fraction of sp³-hybridized carbons (Fsp3) is 0.440. The Kier molecular flexibility index (Phi) is 9.94. The minimum Gasteiger partial charge on any atom is -0.497 e. The maximum atomic E-state index is 13.6. The lowest BCUT2D eigenvalue weighted by atomic mass is 10.1. The Morgan fingerprint density at radius 3 is 2.17 bits per heavy atom. The molecule has 0 radical (unpaired) electrons. The summed E-state index contributed by atoms with van der Waals surface area (Å²) in [6.07, 6.45) is 1.77. The van der Waals surface area contributed by atoms with E-state index in [2.05, 4.69) is 5.32 Å². The van der Waals surface area contributed by atoms with E-state index < -0.39 is 28.5 Å². The Bertz CT molecular complexity index is 1120. The first-order valence-electron chi connectivity index (χ1n) is 11.3. The molecule has 0 heterocycles. The smallest absolute Gasteiger partial charge is 0.244 e. The molecule has 192 valence electrons. The van der Waals surface area contributed by atoms with Crippen molar-refractivity contribution < 1.29 is 27.5 Å². The van der Waals surface area contributed by atoms with Crippen LogP contribution >= 0.6 is 0 Å². The Labute approximate surface area is 208 Å². The van der Waals surface area contributed by atoms with Crippen LogP contribution in [0, 0.1) is 0 Å². The van der Waals surface area contributed by atoms with Crippen molar-refractivity contribution in [3.63, 3.8) is 0 Å². The number of hydrogen-bond acceptors (Lipinski definition) is 6. The number of hydrogen-bond donors (Lipinski definition) is 1. The number of methoxy groups -OCH3 is 2. The molecule has 0 aliphatic heterocycles. The first kappa shape index (κ1) is 28.0. The van der Waals surface area contributed by atoms with Gasteiger partial charge in [0.05, 0.1) is 26.2 Å². The topological polar surface area (TPSA) is 105 Å². The van der Waals surface area contributed by atoms with E-state index in [1.54, 1.807) is 56.5 Å². The van der Waals surface area contributed by atoms with Crippen LogP contribution in [0.1, 0.15) is 32.8 Å². The molecule has 10 heteroatoms. The second-order valence-electron chi connectivity index (χ2n) is 8.34. The molecular weight excluding hydrogens is 470 g/mol. The minimum atomic E-state index is -3.81. The van der Waals surface area contributed by atoms with Crippen LogP contribution in [-0.4, -0.2) is 64.2 Å². The highest BCUT2D eigenvalue weighted by Gasteiger charge is 2.30. The first-order valence-corrected chi connectivity index (χ1v) is 13.2. The number of anilines is 1. The maximum Gasteiger partial charge on any atom is 0.244 e. The maximum absolute atomic E-state index is 13.6. The third kappa shape index (κ3) is 7.88. The molecule has 2 rings (SSSR count). The number of amides is 2. The normalized spacial score (nSPS) is 12.9. The summed E-state index contributed by atoms with van der Waals surface area (Å²) in [5.74, 6) is 0.231. The average molecular weight is 506 g/mol. The molecule has 2 amide bonds. The van der Waals surface area contributed by atoms with E-state index in [0.717, 1.165) is 22.5 Å². The zero-order valence-electron chi connectivity index (χ0n) is 21.1. The molecule has 0 saturated carbocycles. The zero-order valence-corrected chi connectivity index (χ0v) is 22.0. The molecule has 0 aliphatic carbocycles. The van der Waals surface area contributed by atoms with E-state index in [9.17, 15) is 18.0 Å². The molecule has 0 spiro atoms. The summed E-state index contributed by atoms with van der Waals surface area (Å²) in [6.45, 7) is 5.09. The van der Waals surface area contributed by atoms with Crippen LogP contribution in [0.4, 0.5) is 5.69 Å². The highest BCUT2D eigenvalue weighted by molar-refractivity contribution is 7.92. The Balaban J connectivity index is 2.41. The van der Waals surface area contributed by atoms with Gasteiger partial charge in [0.25, 0.3) is 0 Å². The molecule has 2 aromatic carbocycles. The first-order chi connectivity index (χ1) is 16.5. The van der Waals surface area contributed by atoms with Gasteiger partial charge in [0.2, 0.25) is 21.8 Å². The van der Waals surface area contributed by atoms with Gasteiger partial charge in [-0.3, -0.25) is 13.9 Å². The lowest BCUT2D eigenvalue weighted by Gasteiger charge is -2.32. The summed E-state index contributed by atoms with van der Waals surface area (Å²) in [5, 5.41) is 2.90. The summed E-state index contributed by atoms with van der Waals surface area (Å²) >= 11 is 0. The van der Waals surface area contributed by atoms with Gasteiger partial charge in [0.1, 0.15) is 24.1 Å². The fourth-order valence-corrected chi connectivity index (χ4v) is 4.24. The molecule has 0 fully saturated rings. The van der Waals surface area contributed by atoms with Crippen molar-refractivity contribution in [2.24, 2.45) is 0 Å². The number of ether oxygens (including phenoxy) is 2. The summed E-state index contributed by atoms with van der Waals surface area (Å²) in [5.41, 5.74) is 1.03. The quantitative estimate of drug-likeness (QED) is 0.476. The van der Waals surface area contributed by atoms with Crippen molar-refractivity contribution in [1.29, 1.82) is 0 Å². The summed E-state index contributed by atoms with van der Waals surface area (Å²) < 4.78 is 36.8. The highest BCUT2D eigenvalue weighted by Crippen LogP contribution is 2.24. The van der Waals surface area contributed by atoms with Crippen molar-refractivity contribution in [2.75, 3.05) is 31.3 Å². The van der Waals surface area contributed by atoms with Gasteiger partial charge in [-0.25, -0.2) is 8.42 Å². The van der Waals surface area contributed by atoms with Crippen molar-refractivity contribution in [3.05, 3.63) is 54.1 Å². The lowest BCUT2D eigenvalue weighted by Crippen LogP contribution is -2.52. The van der Waals surface area contributed by atoms with Gasteiger partial charge in [0.15, 0.2) is 0 Å². The number of nitrogens with one attached hydrogen (secondary N) is 1. The SMILES string of the molecule is CC[C@@H](C)NC(=O)[C@@H](C)N(Cc1cccc(OC)c1)C(=O)CN(c1cccc(OC)c1)S(C)(=O)=O. The molecule has 0 unspecified atom stereocenters. The molecular formula is C25H35N3O6S. The monoisotopic (exact) mass is 505 g/mol. The number of carbonyl (C=O) groups is 2. The summed E-state index contributed by atoms with van der Waals surface area (Å²) in [6, 6.07) is 12.7. The molecule has 1 N–H and O–H groups in total. The van der Waals surface area contributed by atoms with Crippen molar-refractivity contribution in [3.8, 4) is 11.5 Å².